The molecule has 0 saturated carbocycles. The molecule has 1 aliphatic rings. The summed E-state index contributed by atoms with van der Waals surface area (Å²) in [7, 11) is 0. The second-order valence-corrected chi connectivity index (χ2v) is 5.44. The predicted octanol–water partition coefficient (Wildman–Crippen LogP) is 2.17. The molecule has 1 aromatic carbocycles. The van der Waals surface area contributed by atoms with Crippen LogP contribution in [0.25, 0.3) is 11.3 Å². The summed E-state index contributed by atoms with van der Waals surface area (Å²) >= 11 is 3.38. The molecule has 0 spiro atoms. The average molecular weight is 322 g/mol. The maximum atomic E-state index is 11.7. The molecule has 2 aromatic rings. The standard InChI is InChI=1S/C13H12BrN3O2/c14-9-3-1-8(2-4-9)11-6-13(19-16-11)17-7-10(15)5-12(17)18/h1-4,6,10H,5,7,15H2. The highest BCUT2D eigenvalue weighted by molar-refractivity contribution is 9.10. The monoisotopic (exact) mass is 321 g/mol. The van der Waals surface area contributed by atoms with Crippen LogP contribution in [-0.2, 0) is 4.79 Å². The van der Waals surface area contributed by atoms with Crippen LogP contribution in [0.2, 0.25) is 0 Å². The Morgan fingerprint density at radius 1 is 1.37 bits per heavy atom. The van der Waals surface area contributed by atoms with Crippen molar-refractivity contribution in [3.8, 4) is 11.3 Å². The van der Waals surface area contributed by atoms with Crippen molar-refractivity contribution in [2.24, 2.45) is 5.73 Å². The summed E-state index contributed by atoms with van der Waals surface area (Å²) in [6.45, 7) is 0.480. The van der Waals surface area contributed by atoms with Gasteiger partial charge in [0.1, 0.15) is 5.69 Å². The van der Waals surface area contributed by atoms with Crippen molar-refractivity contribution in [1.29, 1.82) is 0 Å². The summed E-state index contributed by atoms with van der Waals surface area (Å²) in [6.07, 6.45) is 0.355. The van der Waals surface area contributed by atoms with Crippen molar-refractivity contribution >= 4 is 27.7 Å². The van der Waals surface area contributed by atoms with E-state index in [2.05, 4.69) is 21.1 Å². The fourth-order valence-electron chi connectivity index (χ4n) is 2.10. The van der Waals surface area contributed by atoms with Gasteiger partial charge in [0.25, 0.3) is 0 Å². The molecule has 1 aliphatic heterocycles. The quantitative estimate of drug-likeness (QED) is 0.920. The van der Waals surface area contributed by atoms with Crippen LogP contribution < -0.4 is 10.6 Å². The molecule has 0 radical (unpaired) electrons. The van der Waals surface area contributed by atoms with Gasteiger partial charge in [-0.25, -0.2) is 0 Å². The summed E-state index contributed by atoms with van der Waals surface area (Å²) in [5.74, 6) is 0.432. The number of anilines is 1. The molecule has 2 N–H and O–H groups in total. The molecule has 1 saturated heterocycles. The van der Waals surface area contributed by atoms with Gasteiger partial charge in [-0.2, -0.15) is 0 Å². The first kappa shape index (κ1) is 12.4. The summed E-state index contributed by atoms with van der Waals surface area (Å²) in [6, 6.07) is 9.36. The van der Waals surface area contributed by atoms with Crippen LogP contribution in [0.3, 0.4) is 0 Å². The van der Waals surface area contributed by atoms with Crippen LogP contribution in [-0.4, -0.2) is 23.7 Å². The van der Waals surface area contributed by atoms with Crippen LogP contribution in [0.1, 0.15) is 6.42 Å². The van der Waals surface area contributed by atoms with Gasteiger partial charge in [-0.1, -0.05) is 33.2 Å². The van der Waals surface area contributed by atoms with Gasteiger partial charge < -0.3 is 10.3 Å². The van der Waals surface area contributed by atoms with Crippen molar-refractivity contribution in [3.05, 3.63) is 34.8 Å². The van der Waals surface area contributed by atoms with Crippen molar-refractivity contribution in [3.63, 3.8) is 0 Å². The minimum Gasteiger partial charge on any atom is -0.338 e. The zero-order valence-corrected chi connectivity index (χ0v) is 11.6. The number of benzene rings is 1. The Labute approximate surface area is 118 Å². The lowest BCUT2D eigenvalue weighted by atomic mass is 10.1. The summed E-state index contributed by atoms with van der Waals surface area (Å²) < 4.78 is 6.24. The second-order valence-electron chi connectivity index (χ2n) is 4.53. The molecular weight excluding hydrogens is 310 g/mol. The second kappa shape index (κ2) is 4.79. The largest absolute Gasteiger partial charge is 0.338 e. The Morgan fingerprint density at radius 2 is 2.11 bits per heavy atom. The Kier molecular flexibility index (Phi) is 3.12. The molecule has 98 valence electrons. The number of hydrogen-bond donors (Lipinski definition) is 1. The Hall–Kier alpha value is -1.66. The molecule has 19 heavy (non-hydrogen) atoms. The van der Waals surface area contributed by atoms with E-state index in [1.54, 1.807) is 11.0 Å². The summed E-state index contributed by atoms with van der Waals surface area (Å²) in [5, 5.41) is 4.00. The first-order valence-corrected chi connectivity index (χ1v) is 6.71. The lowest BCUT2D eigenvalue weighted by molar-refractivity contribution is -0.117. The van der Waals surface area contributed by atoms with E-state index in [4.69, 9.17) is 10.3 Å². The van der Waals surface area contributed by atoms with E-state index in [0.717, 1.165) is 10.0 Å². The van der Waals surface area contributed by atoms with E-state index in [1.165, 1.54) is 0 Å². The molecule has 0 bridgehead atoms. The molecule has 0 aliphatic carbocycles. The van der Waals surface area contributed by atoms with Gasteiger partial charge in [-0.05, 0) is 12.1 Å². The molecular formula is C13H12BrN3O2. The normalized spacial score (nSPS) is 19.2. The number of carbonyl (C=O) groups excluding carboxylic acids is 1. The van der Waals surface area contributed by atoms with Gasteiger partial charge >= 0.3 is 0 Å². The third-order valence-electron chi connectivity index (χ3n) is 3.06. The molecule has 3 rings (SSSR count). The van der Waals surface area contributed by atoms with Crippen molar-refractivity contribution < 1.29 is 9.32 Å². The Morgan fingerprint density at radius 3 is 2.74 bits per heavy atom. The molecule has 1 fully saturated rings. The van der Waals surface area contributed by atoms with Crippen molar-refractivity contribution in [1.82, 2.24) is 5.16 Å². The van der Waals surface area contributed by atoms with E-state index in [9.17, 15) is 4.79 Å². The van der Waals surface area contributed by atoms with Crippen LogP contribution in [0.5, 0.6) is 0 Å². The molecule has 1 atom stereocenters. The number of carbonyl (C=O) groups is 1. The number of nitrogens with two attached hydrogens (primary N) is 1. The summed E-state index contributed by atoms with van der Waals surface area (Å²) in [5.41, 5.74) is 7.40. The van der Waals surface area contributed by atoms with E-state index in [1.807, 2.05) is 24.3 Å². The van der Waals surface area contributed by atoms with Crippen molar-refractivity contribution in [2.75, 3.05) is 11.4 Å². The fraction of sp³-hybridized carbons (Fsp3) is 0.231. The molecule has 1 aromatic heterocycles. The Balaban J connectivity index is 1.87. The van der Waals surface area contributed by atoms with Crippen LogP contribution >= 0.6 is 15.9 Å². The minimum absolute atomic E-state index is 0.0222. The lowest BCUT2D eigenvalue weighted by Gasteiger charge is -2.09. The zero-order valence-electron chi connectivity index (χ0n) is 10.0. The van der Waals surface area contributed by atoms with Gasteiger partial charge in [0.15, 0.2) is 0 Å². The molecule has 2 heterocycles. The number of halogens is 1. The molecule has 5 nitrogen and oxygen atoms in total. The first-order valence-electron chi connectivity index (χ1n) is 5.92. The van der Waals surface area contributed by atoms with Crippen LogP contribution in [0.15, 0.2) is 39.3 Å². The average Bonchev–Trinajstić information content (AvgIpc) is 2.97. The maximum Gasteiger partial charge on any atom is 0.234 e. The van der Waals surface area contributed by atoms with Gasteiger partial charge in [0.2, 0.25) is 11.8 Å². The van der Waals surface area contributed by atoms with Crippen molar-refractivity contribution in [2.45, 2.75) is 12.5 Å². The van der Waals surface area contributed by atoms with Gasteiger partial charge in [-0.3, -0.25) is 9.69 Å². The number of amides is 1. The molecule has 1 unspecified atom stereocenters. The Bertz CT molecular complexity index is 609. The molecule has 1 amide bonds. The van der Waals surface area contributed by atoms with E-state index >= 15 is 0 Å². The van der Waals surface area contributed by atoms with E-state index in [-0.39, 0.29) is 11.9 Å². The predicted molar refractivity (Wildman–Crippen MR) is 74.6 cm³/mol. The smallest absolute Gasteiger partial charge is 0.234 e. The maximum absolute atomic E-state index is 11.7. The minimum atomic E-state index is -0.131. The van der Waals surface area contributed by atoms with E-state index in [0.29, 0.717) is 24.5 Å². The SMILES string of the molecule is NC1CC(=O)N(c2cc(-c3ccc(Br)cc3)no2)C1. The van der Waals surface area contributed by atoms with Gasteiger partial charge in [0, 0.05) is 35.1 Å². The highest BCUT2D eigenvalue weighted by Gasteiger charge is 2.30. The highest BCUT2D eigenvalue weighted by atomic mass is 79.9. The first-order chi connectivity index (χ1) is 9.13. The molecule has 6 heteroatoms. The zero-order chi connectivity index (χ0) is 13.4. The number of nitrogens with zero attached hydrogens (tertiary/aromatic N) is 2. The summed E-state index contributed by atoms with van der Waals surface area (Å²) in [4.78, 5) is 13.3. The lowest BCUT2D eigenvalue weighted by Crippen LogP contribution is -2.27. The third-order valence-corrected chi connectivity index (χ3v) is 3.59. The number of rotatable bonds is 2. The van der Waals surface area contributed by atoms with Gasteiger partial charge in [0.05, 0.1) is 0 Å². The van der Waals surface area contributed by atoms with Crippen LogP contribution in [0.4, 0.5) is 5.88 Å². The van der Waals surface area contributed by atoms with Crippen LogP contribution in [0, 0.1) is 0 Å². The third kappa shape index (κ3) is 2.41. The highest BCUT2D eigenvalue weighted by Crippen LogP contribution is 2.27. The number of aromatic nitrogens is 1. The van der Waals surface area contributed by atoms with E-state index < -0.39 is 0 Å². The fourth-order valence-corrected chi connectivity index (χ4v) is 2.36. The topological polar surface area (TPSA) is 72.4 Å². The number of hydrogen-bond acceptors (Lipinski definition) is 4. The van der Waals surface area contributed by atoms with Gasteiger partial charge in [-0.15, -0.1) is 0 Å².